The van der Waals surface area contributed by atoms with Crippen LogP contribution in [0.3, 0.4) is 0 Å². The summed E-state index contributed by atoms with van der Waals surface area (Å²) in [5.74, 6) is -0.500. The molecule has 0 bridgehead atoms. The fraction of sp³-hybridized carbons (Fsp3) is 0.348. The summed E-state index contributed by atoms with van der Waals surface area (Å²) >= 11 is 0. The molecule has 3 rings (SSSR count). The van der Waals surface area contributed by atoms with Gasteiger partial charge in [0.25, 0.3) is 5.91 Å². The molecule has 0 aromatic heterocycles. The molecule has 2 aromatic carbocycles. The Kier molecular flexibility index (Phi) is 4.76. The number of carbonyl (C=O) groups is 1. The van der Waals surface area contributed by atoms with Gasteiger partial charge in [-0.15, -0.1) is 0 Å². The van der Waals surface area contributed by atoms with Crippen LogP contribution in [-0.4, -0.2) is 11.1 Å². The van der Waals surface area contributed by atoms with Crippen LogP contribution >= 0.6 is 0 Å². The van der Waals surface area contributed by atoms with Crippen molar-refractivity contribution in [2.75, 3.05) is 0 Å². The van der Waals surface area contributed by atoms with Gasteiger partial charge >= 0.3 is 0 Å². The van der Waals surface area contributed by atoms with E-state index in [0.717, 1.165) is 5.56 Å². The normalized spacial score (nSPS) is 17.7. The van der Waals surface area contributed by atoms with Crippen LogP contribution in [0.15, 0.2) is 42.5 Å². The summed E-state index contributed by atoms with van der Waals surface area (Å²) in [6.45, 7) is 9.33. The van der Waals surface area contributed by atoms with E-state index in [4.69, 9.17) is 5.21 Å². The minimum Gasteiger partial charge on any atom is -0.288 e. The number of benzene rings is 2. The van der Waals surface area contributed by atoms with Gasteiger partial charge in [0.1, 0.15) is 0 Å². The fourth-order valence-corrected chi connectivity index (χ4v) is 3.71. The average molecular weight is 349 g/mol. The quantitative estimate of drug-likeness (QED) is 0.447. The number of hydrogen-bond donors (Lipinski definition) is 2. The van der Waals surface area contributed by atoms with Gasteiger partial charge in [-0.2, -0.15) is 0 Å². The van der Waals surface area contributed by atoms with Crippen molar-refractivity contribution in [2.24, 2.45) is 0 Å². The summed E-state index contributed by atoms with van der Waals surface area (Å²) in [5.41, 5.74) is 7.62. The molecule has 2 N–H and O–H groups in total. The fourth-order valence-electron chi connectivity index (χ4n) is 3.71. The Morgan fingerprint density at radius 2 is 1.42 bits per heavy atom. The highest BCUT2D eigenvalue weighted by atomic mass is 16.5. The largest absolute Gasteiger partial charge is 0.288 e. The van der Waals surface area contributed by atoms with E-state index in [1.54, 1.807) is 17.6 Å². The van der Waals surface area contributed by atoms with Gasteiger partial charge in [0, 0.05) is 5.56 Å². The van der Waals surface area contributed by atoms with Gasteiger partial charge in [0.15, 0.2) is 0 Å². The second-order valence-electron chi connectivity index (χ2n) is 8.47. The second kappa shape index (κ2) is 6.73. The SMILES string of the molecule is CC1(C)CCC(C)(C)c2cc(C=Cc3ccc(C(=O)NO)cc3)ccc21. The molecule has 0 atom stereocenters. The van der Waals surface area contributed by atoms with E-state index < -0.39 is 5.91 Å². The van der Waals surface area contributed by atoms with Gasteiger partial charge in [-0.3, -0.25) is 10.0 Å². The zero-order valence-electron chi connectivity index (χ0n) is 16.0. The van der Waals surface area contributed by atoms with Crippen LogP contribution in [0.1, 0.15) is 73.1 Å². The molecule has 1 aliphatic carbocycles. The number of carbonyl (C=O) groups excluding carboxylic acids is 1. The summed E-state index contributed by atoms with van der Waals surface area (Å²) in [7, 11) is 0. The van der Waals surface area contributed by atoms with Gasteiger partial charge in [-0.25, -0.2) is 5.48 Å². The first kappa shape index (κ1) is 18.4. The van der Waals surface area contributed by atoms with Crippen LogP contribution in [0.2, 0.25) is 0 Å². The van der Waals surface area contributed by atoms with Crippen molar-refractivity contribution < 1.29 is 10.0 Å². The Bertz CT molecular complexity index is 845. The lowest BCUT2D eigenvalue weighted by molar-refractivity contribution is 0.0706. The van der Waals surface area contributed by atoms with E-state index >= 15 is 0 Å². The summed E-state index contributed by atoms with van der Waals surface area (Å²) in [6, 6.07) is 13.9. The summed E-state index contributed by atoms with van der Waals surface area (Å²) in [4.78, 5) is 11.4. The molecule has 0 heterocycles. The third-order valence-electron chi connectivity index (χ3n) is 5.62. The Morgan fingerprint density at radius 3 is 2.04 bits per heavy atom. The first-order chi connectivity index (χ1) is 12.2. The van der Waals surface area contributed by atoms with Gasteiger partial charge < -0.3 is 0 Å². The molecule has 0 aliphatic heterocycles. The van der Waals surface area contributed by atoms with E-state index in [9.17, 15) is 4.79 Å². The van der Waals surface area contributed by atoms with Crippen molar-refractivity contribution in [3.8, 4) is 0 Å². The Hall–Kier alpha value is -2.39. The monoisotopic (exact) mass is 349 g/mol. The molecule has 0 saturated carbocycles. The molecule has 0 spiro atoms. The molecule has 3 nitrogen and oxygen atoms in total. The molecule has 1 amide bonds. The number of amides is 1. The molecule has 0 unspecified atom stereocenters. The first-order valence-corrected chi connectivity index (χ1v) is 9.10. The van der Waals surface area contributed by atoms with E-state index in [1.165, 1.54) is 29.5 Å². The molecule has 2 aromatic rings. The molecule has 0 saturated heterocycles. The number of hydroxylamine groups is 1. The van der Waals surface area contributed by atoms with Gasteiger partial charge in [-0.1, -0.05) is 70.2 Å². The van der Waals surface area contributed by atoms with E-state index in [0.29, 0.717) is 5.56 Å². The number of hydrogen-bond acceptors (Lipinski definition) is 2. The standard InChI is InChI=1S/C23H27NO2/c1-22(2)13-14-23(3,4)20-15-17(9-12-19(20)22)6-5-16-7-10-18(11-8-16)21(25)24-26/h5-12,15,26H,13-14H2,1-4H3,(H,24,25). The molecule has 0 radical (unpaired) electrons. The van der Waals surface area contributed by atoms with Crippen molar-refractivity contribution >= 4 is 18.1 Å². The highest BCUT2D eigenvalue weighted by Gasteiger charge is 2.36. The molecule has 0 fully saturated rings. The van der Waals surface area contributed by atoms with Crippen LogP contribution in [0.4, 0.5) is 0 Å². The summed E-state index contributed by atoms with van der Waals surface area (Å²) in [6.07, 6.45) is 6.58. The summed E-state index contributed by atoms with van der Waals surface area (Å²) in [5, 5.41) is 8.67. The van der Waals surface area contributed by atoms with Gasteiger partial charge in [0.2, 0.25) is 0 Å². The molecular formula is C23H27NO2. The molecule has 3 heteroatoms. The molecular weight excluding hydrogens is 322 g/mol. The lowest BCUT2D eigenvalue weighted by Crippen LogP contribution is -2.33. The minimum absolute atomic E-state index is 0.202. The minimum atomic E-state index is -0.500. The number of fused-ring (bicyclic) bond motifs is 1. The lowest BCUT2D eigenvalue weighted by Gasteiger charge is -2.42. The number of nitrogens with one attached hydrogen (secondary N) is 1. The highest BCUT2D eigenvalue weighted by Crippen LogP contribution is 2.45. The Balaban J connectivity index is 1.87. The Morgan fingerprint density at radius 1 is 0.885 bits per heavy atom. The predicted octanol–water partition coefficient (Wildman–Crippen LogP) is 5.33. The van der Waals surface area contributed by atoms with Crippen molar-refractivity contribution in [1.29, 1.82) is 0 Å². The second-order valence-corrected chi connectivity index (χ2v) is 8.47. The van der Waals surface area contributed by atoms with Crippen molar-refractivity contribution in [1.82, 2.24) is 5.48 Å². The zero-order chi connectivity index (χ0) is 18.9. The average Bonchev–Trinajstić information content (AvgIpc) is 2.63. The van der Waals surface area contributed by atoms with Crippen LogP contribution < -0.4 is 5.48 Å². The van der Waals surface area contributed by atoms with E-state index in [1.807, 2.05) is 18.2 Å². The maximum absolute atomic E-state index is 11.4. The number of rotatable bonds is 3. The zero-order valence-corrected chi connectivity index (χ0v) is 16.0. The summed E-state index contributed by atoms with van der Waals surface area (Å²) < 4.78 is 0. The molecule has 136 valence electrons. The molecule has 26 heavy (non-hydrogen) atoms. The maximum atomic E-state index is 11.4. The van der Waals surface area contributed by atoms with Crippen LogP contribution in [-0.2, 0) is 10.8 Å². The van der Waals surface area contributed by atoms with Crippen LogP contribution in [0.5, 0.6) is 0 Å². The smallest absolute Gasteiger partial charge is 0.274 e. The third-order valence-corrected chi connectivity index (χ3v) is 5.62. The van der Waals surface area contributed by atoms with Crippen molar-refractivity contribution in [3.05, 3.63) is 70.3 Å². The van der Waals surface area contributed by atoms with Crippen molar-refractivity contribution in [3.63, 3.8) is 0 Å². The third kappa shape index (κ3) is 3.58. The predicted molar refractivity (Wildman–Crippen MR) is 106 cm³/mol. The first-order valence-electron chi connectivity index (χ1n) is 9.10. The van der Waals surface area contributed by atoms with E-state index in [2.05, 4.69) is 52.0 Å². The Labute approximate surface area is 155 Å². The highest BCUT2D eigenvalue weighted by molar-refractivity contribution is 5.93. The van der Waals surface area contributed by atoms with Crippen molar-refractivity contribution in [2.45, 2.75) is 51.4 Å². The lowest BCUT2D eigenvalue weighted by atomic mass is 9.63. The van der Waals surface area contributed by atoms with E-state index in [-0.39, 0.29) is 10.8 Å². The molecule has 1 aliphatic rings. The van der Waals surface area contributed by atoms with Gasteiger partial charge in [0.05, 0.1) is 0 Å². The van der Waals surface area contributed by atoms with Gasteiger partial charge in [-0.05, 0) is 58.1 Å². The van der Waals surface area contributed by atoms with Crippen LogP contribution in [0.25, 0.3) is 12.2 Å². The van der Waals surface area contributed by atoms with Crippen LogP contribution in [0, 0.1) is 0 Å². The topological polar surface area (TPSA) is 49.3 Å². The maximum Gasteiger partial charge on any atom is 0.274 e.